The number of hydrogen-bond donors (Lipinski definition) is 2. The zero-order chi connectivity index (χ0) is 19.1. The third kappa shape index (κ3) is 5.26. The van der Waals surface area contributed by atoms with Crippen molar-refractivity contribution < 1.29 is 9.59 Å². The second-order valence-corrected chi connectivity index (χ2v) is 6.50. The van der Waals surface area contributed by atoms with Gasteiger partial charge >= 0.3 is 0 Å². The van der Waals surface area contributed by atoms with Gasteiger partial charge in [0.1, 0.15) is 0 Å². The monoisotopic (exact) mass is 378 g/mol. The Kier molecular flexibility index (Phi) is 6.36. The summed E-state index contributed by atoms with van der Waals surface area (Å²) in [4.78, 5) is 24.9. The third-order valence-electron chi connectivity index (χ3n) is 4.15. The van der Waals surface area contributed by atoms with E-state index in [1.807, 2.05) is 36.4 Å². The van der Waals surface area contributed by atoms with Crippen LogP contribution in [0.1, 0.15) is 38.7 Å². The molecule has 136 valence electrons. The number of carbonyl (C=O) groups excluding carboxylic acids is 2. The highest BCUT2D eigenvalue weighted by atomic mass is 35.5. The fourth-order valence-corrected chi connectivity index (χ4v) is 2.81. The highest BCUT2D eigenvalue weighted by Crippen LogP contribution is 2.21. The van der Waals surface area contributed by atoms with E-state index in [1.165, 1.54) is 0 Å². The van der Waals surface area contributed by atoms with Gasteiger partial charge in [-0.25, -0.2) is 5.43 Å². The number of halogens is 1. The Hall–Kier alpha value is -2.95. The molecule has 0 spiro atoms. The Morgan fingerprint density at radius 1 is 0.778 bits per heavy atom. The van der Waals surface area contributed by atoms with E-state index in [0.29, 0.717) is 16.1 Å². The second kappa shape index (κ2) is 9.12. The molecule has 5 heteroatoms. The van der Waals surface area contributed by atoms with Gasteiger partial charge in [0.25, 0.3) is 5.91 Å². The van der Waals surface area contributed by atoms with Crippen molar-refractivity contribution in [3.05, 3.63) is 107 Å². The van der Waals surface area contributed by atoms with Crippen molar-refractivity contribution in [2.24, 2.45) is 0 Å². The number of rotatable bonds is 7. The number of ketones is 1. The lowest BCUT2D eigenvalue weighted by Crippen LogP contribution is -2.40. The van der Waals surface area contributed by atoms with Crippen molar-refractivity contribution in [3.63, 3.8) is 0 Å². The van der Waals surface area contributed by atoms with E-state index in [-0.39, 0.29) is 24.2 Å². The lowest BCUT2D eigenvalue weighted by Gasteiger charge is -2.19. The molecule has 0 bridgehead atoms. The zero-order valence-corrected chi connectivity index (χ0v) is 15.3. The van der Waals surface area contributed by atoms with E-state index in [2.05, 4.69) is 10.9 Å². The van der Waals surface area contributed by atoms with Gasteiger partial charge in [0.2, 0.25) is 0 Å². The zero-order valence-electron chi connectivity index (χ0n) is 14.6. The van der Waals surface area contributed by atoms with E-state index >= 15 is 0 Å². The van der Waals surface area contributed by atoms with Crippen LogP contribution in [0.3, 0.4) is 0 Å². The molecule has 27 heavy (non-hydrogen) atoms. The largest absolute Gasteiger partial charge is 0.294 e. The Morgan fingerprint density at radius 2 is 1.33 bits per heavy atom. The molecule has 0 radical (unpaired) electrons. The van der Waals surface area contributed by atoms with E-state index in [9.17, 15) is 9.59 Å². The van der Waals surface area contributed by atoms with Gasteiger partial charge in [0.15, 0.2) is 5.78 Å². The number of Topliss-reactive ketones (excluding diaryl/α,β-unsaturated/α-hetero) is 1. The van der Waals surface area contributed by atoms with Gasteiger partial charge in [-0.1, -0.05) is 72.3 Å². The van der Waals surface area contributed by atoms with Crippen LogP contribution in [0.5, 0.6) is 0 Å². The molecule has 1 atom stereocenters. The van der Waals surface area contributed by atoms with E-state index in [1.54, 1.807) is 48.5 Å². The molecule has 0 aromatic heterocycles. The summed E-state index contributed by atoms with van der Waals surface area (Å²) in [5.41, 5.74) is 7.71. The molecule has 3 aromatic carbocycles. The predicted molar refractivity (Wildman–Crippen MR) is 107 cm³/mol. The first-order valence-corrected chi connectivity index (χ1v) is 8.96. The van der Waals surface area contributed by atoms with Crippen LogP contribution in [0.25, 0.3) is 0 Å². The molecular weight excluding hydrogens is 360 g/mol. The average Bonchev–Trinajstić information content (AvgIpc) is 2.72. The summed E-state index contributed by atoms with van der Waals surface area (Å²) < 4.78 is 0. The van der Waals surface area contributed by atoms with Gasteiger partial charge in [0.05, 0.1) is 6.04 Å². The number of nitrogens with one attached hydrogen (secondary N) is 2. The predicted octanol–water partition coefficient (Wildman–Crippen LogP) is 4.59. The highest BCUT2D eigenvalue weighted by Gasteiger charge is 2.18. The molecule has 4 nitrogen and oxygen atoms in total. The summed E-state index contributed by atoms with van der Waals surface area (Å²) >= 11 is 5.97. The number of carbonyl (C=O) groups is 2. The molecule has 0 fully saturated rings. The number of hydrazine groups is 1. The second-order valence-electron chi connectivity index (χ2n) is 6.06. The van der Waals surface area contributed by atoms with Gasteiger partial charge in [0, 0.05) is 22.6 Å². The quantitative estimate of drug-likeness (QED) is 0.467. The maximum atomic E-state index is 12.6. The van der Waals surface area contributed by atoms with E-state index in [4.69, 9.17) is 11.6 Å². The van der Waals surface area contributed by atoms with Crippen LogP contribution in [-0.4, -0.2) is 11.7 Å². The molecule has 3 aromatic rings. The summed E-state index contributed by atoms with van der Waals surface area (Å²) in [5.74, 6) is -0.279. The molecule has 2 N–H and O–H groups in total. The van der Waals surface area contributed by atoms with Crippen LogP contribution in [0.4, 0.5) is 0 Å². The Balaban J connectivity index is 1.74. The van der Waals surface area contributed by atoms with Crippen molar-refractivity contribution in [2.75, 3.05) is 0 Å². The van der Waals surface area contributed by atoms with Crippen LogP contribution >= 0.6 is 11.6 Å². The van der Waals surface area contributed by atoms with Crippen LogP contribution in [0.15, 0.2) is 84.9 Å². The molecule has 3 rings (SSSR count). The minimum atomic E-state index is -0.386. The lowest BCUT2D eigenvalue weighted by molar-refractivity contribution is 0.0900. The smallest absolute Gasteiger partial charge is 0.265 e. The first-order chi connectivity index (χ1) is 13.1. The average molecular weight is 379 g/mol. The SMILES string of the molecule is O=C(C[C@@H](NNC(=O)c1ccccc1)c1ccc(Cl)cc1)c1ccccc1. The maximum absolute atomic E-state index is 12.6. The maximum Gasteiger partial charge on any atom is 0.265 e. The molecule has 0 saturated heterocycles. The summed E-state index contributed by atoms with van der Waals surface area (Å²) in [7, 11) is 0. The van der Waals surface area contributed by atoms with Crippen molar-refractivity contribution in [2.45, 2.75) is 12.5 Å². The summed E-state index contributed by atoms with van der Waals surface area (Å²) in [6, 6.07) is 24.8. The van der Waals surface area contributed by atoms with Gasteiger partial charge in [-0.15, -0.1) is 0 Å². The first kappa shape index (κ1) is 18.8. The number of benzene rings is 3. The van der Waals surface area contributed by atoms with Crippen molar-refractivity contribution >= 4 is 23.3 Å². The molecule has 0 saturated carbocycles. The summed E-state index contributed by atoms with van der Waals surface area (Å²) in [6.45, 7) is 0. The van der Waals surface area contributed by atoms with E-state index < -0.39 is 0 Å². The standard InChI is InChI=1S/C22H19ClN2O2/c23-19-13-11-16(12-14-19)20(15-21(26)17-7-3-1-4-8-17)24-25-22(27)18-9-5-2-6-10-18/h1-14,20,24H,15H2,(H,25,27)/t20-/m1/s1. The number of amides is 1. The van der Waals surface area contributed by atoms with Crippen molar-refractivity contribution in [1.29, 1.82) is 0 Å². The molecule has 1 amide bonds. The molecule has 0 unspecified atom stereocenters. The first-order valence-electron chi connectivity index (χ1n) is 8.58. The van der Waals surface area contributed by atoms with Crippen molar-refractivity contribution in [3.8, 4) is 0 Å². The molecular formula is C22H19ClN2O2. The van der Waals surface area contributed by atoms with Crippen molar-refractivity contribution in [1.82, 2.24) is 10.9 Å². The molecule has 0 heterocycles. The number of hydrogen-bond acceptors (Lipinski definition) is 3. The van der Waals surface area contributed by atoms with Gasteiger partial charge in [-0.3, -0.25) is 15.0 Å². The lowest BCUT2D eigenvalue weighted by atomic mass is 9.98. The molecule has 0 aliphatic carbocycles. The van der Waals surface area contributed by atoms with Crippen LogP contribution in [-0.2, 0) is 0 Å². The minimum absolute atomic E-state index is 0.0167. The van der Waals surface area contributed by atoms with Gasteiger partial charge in [-0.05, 0) is 29.8 Å². The molecule has 0 aliphatic rings. The van der Waals surface area contributed by atoms with Gasteiger partial charge in [-0.2, -0.15) is 0 Å². The summed E-state index contributed by atoms with van der Waals surface area (Å²) in [5, 5.41) is 0.611. The third-order valence-corrected chi connectivity index (χ3v) is 4.41. The minimum Gasteiger partial charge on any atom is -0.294 e. The summed E-state index contributed by atoms with van der Waals surface area (Å²) in [6.07, 6.45) is 0.195. The normalized spacial score (nSPS) is 11.6. The van der Waals surface area contributed by atoms with Crippen LogP contribution in [0.2, 0.25) is 5.02 Å². The Morgan fingerprint density at radius 3 is 1.93 bits per heavy atom. The van der Waals surface area contributed by atoms with Gasteiger partial charge < -0.3 is 0 Å². The fraction of sp³-hybridized carbons (Fsp3) is 0.0909. The Labute approximate surface area is 163 Å². The molecule has 0 aliphatic heterocycles. The highest BCUT2D eigenvalue weighted by molar-refractivity contribution is 6.30. The van der Waals surface area contributed by atoms with E-state index in [0.717, 1.165) is 5.56 Å². The topological polar surface area (TPSA) is 58.2 Å². The fourth-order valence-electron chi connectivity index (χ4n) is 2.69. The van der Waals surface area contributed by atoms with Crippen LogP contribution < -0.4 is 10.9 Å². The van der Waals surface area contributed by atoms with Crippen LogP contribution in [0, 0.1) is 0 Å². The Bertz CT molecular complexity index is 897.